The van der Waals surface area contributed by atoms with E-state index in [0.717, 1.165) is 0 Å². The summed E-state index contributed by atoms with van der Waals surface area (Å²) in [5, 5.41) is 2.67. The topological polar surface area (TPSA) is 41.5 Å². The van der Waals surface area contributed by atoms with E-state index in [1.807, 2.05) is 0 Å². The number of aliphatic imine (C=N–C) groups is 1. The normalized spacial score (nSPS) is 24.8. The minimum Gasteiger partial charge on any atom is -0.363 e. The fourth-order valence-corrected chi connectivity index (χ4v) is 0.433. The van der Waals surface area contributed by atoms with E-state index in [0.29, 0.717) is 0 Å². The third-order valence-corrected chi connectivity index (χ3v) is 0.783. The first-order chi connectivity index (χ1) is 3.93. The van der Waals surface area contributed by atoms with Crippen molar-refractivity contribution in [3.8, 4) is 0 Å². The van der Waals surface area contributed by atoms with Crippen molar-refractivity contribution in [1.82, 2.24) is 5.32 Å². The number of hydrogen-bond acceptors (Lipinski definition) is 3. The van der Waals surface area contributed by atoms with E-state index in [9.17, 15) is 4.79 Å². The van der Waals surface area contributed by atoms with E-state index in [2.05, 4.69) is 10.3 Å². The Morgan fingerprint density at radius 2 is 2.62 bits per heavy atom. The molecule has 1 unspecified atom stereocenters. The zero-order valence-electron chi connectivity index (χ0n) is 4.16. The van der Waals surface area contributed by atoms with Gasteiger partial charge in [-0.15, -0.1) is 0 Å². The smallest absolute Gasteiger partial charge is 0.247 e. The van der Waals surface area contributed by atoms with E-state index >= 15 is 0 Å². The van der Waals surface area contributed by atoms with Gasteiger partial charge < -0.3 is 5.32 Å². The summed E-state index contributed by atoms with van der Waals surface area (Å²) < 4.78 is 0. The predicted octanol–water partition coefficient (Wildman–Crippen LogP) is -0.390. The molecule has 0 aromatic carbocycles. The van der Waals surface area contributed by atoms with E-state index < -0.39 is 6.17 Å². The van der Waals surface area contributed by atoms with Crippen LogP contribution in [0.5, 0.6) is 0 Å². The van der Waals surface area contributed by atoms with Crippen molar-refractivity contribution in [1.29, 1.82) is 0 Å². The summed E-state index contributed by atoms with van der Waals surface area (Å²) in [5.74, 6) is 0. The lowest BCUT2D eigenvalue weighted by Gasteiger charge is -2.04. The van der Waals surface area contributed by atoms with Gasteiger partial charge in [-0.05, 0) is 6.08 Å². The van der Waals surface area contributed by atoms with Crippen LogP contribution in [0.4, 0.5) is 0 Å². The van der Waals surface area contributed by atoms with Gasteiger partial charge in [0, 0.05) is 12.4 Å². The summed E-state index contributed by atoms with van der Waals surface area (Å²) in [6.07, 6.45) is 6.14. The summed E-state index contributed by atoms with van der Waals surface area (Å²) in [6, 6.07) is 0. The molecule has 3 heteroatoms. The average molecular weight is 109 g/mol. The van der Waals surface area contributed by atoms with Gasteiger partial charge in [-0.25, -0.2) is 0 Å². The van der Waals surface area contributed by atoms with Crippen LogP contribution in [0.2, 0.25) is 0 Å². The van der Waals surface area contributed by atoms with Gasteiger partial charge in [0.25, 0.3) is 0 Å². The Hall–Kier alpha value is -1.12. The molecule has 0 saturated heterocycles. The molecule has 0 amide bonds. The molecule has 1 aliphatic heterocycles. The highest BCUT2D eigenvalue weighted by Gasteiger charge is 2.00. The Labute approximate surface area is 47.1 Å². The maximum atomic E-state index is 9.82. The third-order valence-electron chi connectivity index (χ3n) is 0.783. The Balaban J connectivity index is 2.51. The molecule has 1 radical (unpaired) electrons. The highest BCUT2D eigenvalue weighted by Crippen LogP contribution is 1.84. The summed E-state index contributed by atoms with van der Waals surface area (Å²) >= 11 is 0. The Kier molecular flexibility index (Phi) is 1.42. The molecule has 1 N–H and O–H groups in total. The Morgan fingerprint density at radius 1 is 1.75 bits per heavy atom. The van der Waals surface area contributed by atoms with Crippen molar-refractivity contribution in [3.63, 3.8) is 0 Å². The summed E-state index contributed by atoms with van der Waals surface area (Å²) in [6.45, 7) is 0. The number of carbonyl (C=O) groups excluding carboxylic acids is 1. The first-order valence-corrected chi connectivity index (χ1v) is 2.25. The number of rotatable bonds is 1. The van der Waals surface area contributed by atoms with Gasteiger partial charge in [-0.3, -0.25) is 9.79 Å². The van der Waals surface area contributed by atoms with Crippen LogP contribution in [0.1, 0.15) is 0 Å². The minimum absolute atomic E-state index is 0.486. The number of allylic oxidation sites excluding steroid dienone is 1. The number of nitrogens with one attached hydrogen (secondary N) is 1. The van der Waals surface area contributed by atoms with Crippen molar-refractivity contribution >= 4 is 12.5 Å². The van der Waals surface area contributed by atoms with Crippen molar-refractivity contribution in [2.24, 2.45) is 4.99 Å². The molecule has 0 saturated carbocycles. The zero-order chi connectivity index (χ0) is 5.82. The Morgan fingerprint density at radius 3 is 3.00 bits per heavy atom. The van der Waals surface area contributed by atoms with Gasteiger partial charge in [0.1, 0.15) is 0 Å². The second kappa shape index (κ2) is 2.26. The average Bonchev–Trinajstić information content (AvgIpc) is 1.90. The summed E-state index contributed by atoms with van der Waals surface area (Å²) in [7, 11) is 0. The summed E-state index contributed by atoms with van der Waals surface area (Å²) in [5.41, 5.74) is 0. The fourth-order valence-electron chi connectivity index (χ4n) is 0.433. The highest BCUT2D eigenvalue weighted by atomic mass is 16.1. The largest absolute Gasteiger partial charge is 0.363 e. The second-order valence-corrected chi connectivity index (χ2v) is 1.34. The number of nitrogens with zero attached hydrogens (tertiary/aromatic N) is 1. The first kappa shape index (κ1) is 5.03. The standard InChI is InChI=1S/C5H5N2O/c8-4-5-6-2-1-3-7-5/h1-3,5-6H. The molecular formula is C5H5N2O. The van der Waals surface area contributed by atoms with Crippen LogP contribution >= 0.6 is 0 Å². The molecular weight excluding hydrogens is 104 g/mol. The van der Waals surface area contributed by atoms with Gasteiger partial charge in [-0.2, -0.15) is 0 Å². The molecule has 41 valence electrons. The zero-order valence-corrected chi connectivity index (χ0v) is 4.16. The molecule has 3 nitrogen and oxygen atoms in total. The van der Waals surface area contributed by atoms with Crippen LogP contribution in [-0.2, 0) is 4.79 Å². The second-order valence-electron chi connectivity index (χ2n) is 1.34. The van der Waals surface area contributed by atoms with Gasteiger partial charge in [0.15, 0.2) is 6.17 Å². The lowest BCUT2D eigenvalue weighted by Crippen LogP contribution is -2.25. The van der Waals surface area contributed by atoms with E-state index in [1.165, 1.54) is 0 Å². The van der Waals surface area contributed by atoms with Crippen LogP contribution in [0.25, 0.3) is 0 Å². The molecule has 1 rings (SSSR count). The van der Waals surface area contributed by atoms with Crippen molar-refractivity contribution in [3.05, 3.63) is 12.3 Å². The van der Waals surface area contributed by atoms with Gasteiger partial charge >= 0.3 is 0 Å². The Bertz CT molecular complexity index is 139. The predicted molar refractivity (Wildman–Crippen MR) is 30.2 cm³/mol. The fraction of sp³-hybridized carbons (Fsp3) is 0.200. The SMILES string of the molecule is O=[C]C1N=CC=CN1. The van der Waals surface area contributed by atoms with E-state index in [4.69, 9.17) is 0 Å². The van der Waals surface area contributed by atoms with Gasteiger partial charge in [-0.1, -0.05) is 0 Å². The van der Waals surface area contributed by atoms with Crippen molar-refractivity contribution in [2.75, 3.05) is 0 Å². The highest BCUT2D eigenvalue weighted by molar-refractivity contribution is 5.75. The lowest BCUT2D eigenvalue weighted by molar-refractivity contribution is 0.534. The number of hydrogen-bond donors (Lipinski definition) is 1. The summed E-state index contributed by atoms with van der Waals surface area (Å²) in [4.78, 5) is 13.5. The lowest BCUT2D eigenvalue weighted by atomic mass is 10.5. The van der Waals surface area contributed by atoms with Crippen molar-refractivity contribution < 1.29 is 4.79 Å². The molecule has 1 aliphatic rings. The first-order valence-electron chi connectivity index (χ1n) is 2.25. The van der Waals surface area contributed by atoms with Gasteiger partial charge in [0.2, 0.25) is 6.29 Å². The van der Waals surface area contributed by atoms with Crippen LogP contribution in [0.15, 0.2) is 17.3 Å². The van der Waals surface area contributed by atoms with E-state index in [-0.39, 0.29) is 0 Å². The molecule has 8 heavy (non-hydrogen) atoms. The van der Waals surface area contributed by atoms with Crippen LogP contribution in [-0.4, -0.2) is 18.7 Å². The third kappa shape index (κ3) is 0.932. The van der Waals surface area contributed by atoms with Crippen molar-refractivity contribution in [2.45, 2.75) is 6.17 Å². The molecule has 1 heterocycles. The van der Waals surface area contributed by atoms with Crippen LogP contribution in [0, 0.1) is 0 Å². The molecule has 0 aromatic rings. The maximum absolute atomic E-state index is 9.82. The molecule has 0 aromatic heterocycles. The molecule has 0 fully saturated rings. The van der Waals surface area contributed by atoms with Crippen LogP contribution in [0.3, 0.4) is 0 Å². The maximum Gasteiger partial charge on any atom is 0.247 e. The molecule has 1 atom stereocenters. The van der Waals surface area contributed by atoms with Gasteiger partial charge in [0.05, 0.1) is 0 Å². The quantitative estimate of drug-likeness (QED) is 0.498. The van der Waals surface area contributed by atoms with E-state index in [1.54, 1.807) is 24.8 Å². The molecule has 0 spiro atoms. The molecule has 0 bridgehead atoms. The van der Waals surface area contributed by atoms with Crippen LogP contribution < -0.4 is 5.32 Å². The minimum atomic E-state index is -0.486. The molecule has 0 aliphatic carbocycles. The monoisotopic (exact) mass is 109 g/mol.